The average Bonchev–Trinajstić information content (AvgIpc) is 2.81. The van der Waals surface area contributed by atoms with E-state index in [1.807, 2.05) is 0 Å². The number of rotatable bonds is 4. The third-order valence-corrected chi connectivity index (χ3v) is 2.55. The summed E-state index contributed by atoms with van der Waals surface area (Å²) in [5, 5.41) is 0. The predicted octanol–water partition coefficient (Wildman–Crippen LogP) is 1.14. The number of ether oxygens (including phenoxy) is 2. The van der Waals surface area contributed by atoms with Gasteiger partial charge in [0, 0.05) is 0 Å². The summed E-state index contributed by atoms with van der Waals surface area (Å²) in [6.45, 7) is 5.95. The van der Waals surface area contributed by atoms with E-state index in [1.54, 1.807) is 20.8 Å². The Labute approximate surface area is 83.6 Å². The Morgan fingerprint density at radius 2 is 1.86 bits per heavy atom. The summed E-state index contributed by atoms with van der Waals surface area (Å²) in [7, 11) is 0. The zero-order chi connectivity index (χ0) is 10.8. The van der Waals surface area contributed by atoms with E-state index in [4.69, 9.17) is 9.47 Å². The second kappa shape index (κ2) is 3.98. The maximum absolute atomic E-state index is 11.4. The molecule has 0 amide bonds. The van der Waals surface area contributed by atoms with E-state index in [-0.39, 0.29) is 17.9 Å². The van der Waals surface area contributed by atoms with Gasteiger partial charge < -0.3 is 9.47 Å². The smallest absolute Gasteiger partial charge is 0.312 e. The Kier molecular flexibility index (Phi) is 3.13. The normalized spacial score (nSPS) is 29.5. The first kappa shape index (κ1) is 11.0. The Morgan fingerprint density at radius 1 is 1.29 bits per heavy atom. The van der Waals surface area contributed by atoms with Crippen molar-refractivity contribution in [2.24, 2.45) is 11.3 Å². The summed E-state index contributed by atoms with van der Waals surface area (Å²) in [6, 6.07) is 0. The molecule has 1 fully saturated rings. The lowest BCUT2D eigenvalue weighted by atomic mass is 10.1. The molecule has 1 aliphatic rings. The van der Waals surface area contributed by atoms with Gasteiger partial charge in [0.25, 0.3) is 0 Å². The number of carbonyl (C=O) groups is 2. The molecular formula is C10H16O4. The van der Waals surface area contributed by atoms with E-state index in [9.17, 15) is 9.59 Å². The first-order valence-corrected chi connectivity index (χ1v) is 4.90. The van der Waals surface area contributed by atoms with E-state index >= 15 is 0 Å². The molecule has 1 saturated carbocycles. The van der Waals surface area contributed by atoms with Crippen LogP contribution in [0.3, 0.4) is 0 Å². The van der Waals surface area contributed by atoms with Crippen molar-refractivity contribution in [1.29, 1.82) is 0 Å². The molecule has 0 aliphatic heterocycles. The van der Waals surface area contributed by atoms with E-state index in [2.05, 4.69) is 0 Å². The van der Waals surface area contributed by atoms with Crippen LogP contribution < -0.4 is 0 Å². The highest BCUT2D eigenvalue weighted by atomic mass is 16.5. The molecule has 0 aromatic rings. The van der Waals surface area contributed by atoms with E-state index in [0.717, 1.165) is 0 Å². The highest BCUT2D eigenvalue weighted by Crippen LogP contribution is 2.53. The number of hydrogen-bond acceptors (Lipinski definition) is 4. The summed E-state index contributed by atoms with van der Waals surface area (Å²) >= 11 is 0. The topological polar surface area (TPSA) is 52.6 Å². The summed E-state index contributed by atoms with van der Waals surface area (Å²) in [5.74, 6) is -0.886. The second-order valence-electron chi connectivity index (χ2n) is 3.65. The Balaban J connectivity index is 2.49. The molecule has 4 heteroatoms. The van der Waals surface area contributed by atoms with Crippen molar-refractivity contribution in [3.63, 3.8) is 0 Å². The van der Waals surface area contributed by atoms with Crippen LogP contribution in [0.15, 0.2) is 0 Å². The van der Waals surface area contributed by atoms with Gasteiger partial charge in [-0.1, -0.05) is 0 Å². The van der Waals surface area contributed by atoms with Crippen molar-refractivity contribution in [3.05, 3.63) is 0 Å². The average molecular weight is 200 g/mol. The number of hydrogen-bond donors (Lipinski definition) is 0. The zero-order valence-corrected chi connectivity index (χ0v) is 8.83. The quantitative estimate of drug-likeness (QED) is 0.638. The molecule has 0 aromatic carbocycles. The van der Waals surface area contributed by atoms with Crippen molar-refractivity contribution in [2.75, 3.05) is 13.2 Å². The molecule has 80 valence electrons. The van der Waals surface area contributed by atoms with Crippen LogP contribution in [0.5, 0.6) is 0 Å². The fourth-order valence-corrected chi connectivity index (χ4v) is 1.47. The van der Waals surface area contributed by atoms with Gasteiger partial charge in [0.1, 0.15) is 0 Å². The molecule has 0 radical (unpaired) electrons. The number of carbonyl (C=O) groups excluding carboxylic acids is 2. The van der Waals surface area contributed by atoms with Crippen LogP contribution in [0.4, 0.5) is 0 Å². The lowest BCUT2D eigenvalue weighted by molar-refractivity contribution is -0.154. The van der Waals surface area contributed by atoms with Gasteiger partial charge in [-0.15, -0.1) is 0 Å². The summed E-state index contributed by atoms with van der Waals surface area (Å²) in [6.07, 6.45) is 0.546. The molecule has 0 saturated heterocycles. The minimum atomic E-state index is -0.637. The van der Waals surface area contributed by atoms with Gasteiger partial charge in [0.2, 0.25) is 0 Å². The number of esters is 2. The van der Waals surface area contributed by atoms with Crippen molar-refractivity contribution < 1.29 is 19.1 Å². The van der Waals surface area contributed by atoms with Gasteiger partial charge in [-0.25, -0.2) is 0 Å². The Bertz CT molecular complexity index is 249. The first-order valence-electron chi connectivity index (χ1n) is 4.90. The molecule has 0 heterocycles. The third kappa shape index (κ3) is 1.89. The summed E-state index contributed by atoms with van der Waals surface area (Å²) < 4.78 is 9.72. The monoisotopic (exact) mass is 200 g/mol. The summed E-state index contributed by atoms with van der Waals surface area (Å²) in [5.41, 5.74) is -0.637. The molecule has 0 unspecified atom stereocenters. The van der Waals surface area contributed by atoms with E-state index < -0.39 is 5.41 Å². The molecule has 1 rings (SSSR count). The van der Waals surface area contributed by atoms with Crippen LogP contribution in [-0.4, -0.2) is 25.2 Å². The Morgan fingerprint density at radius 3 is 2.36 bits per heavy atom. The molecule has 2 atom stereocenters. The molecule has 0 aromatic heterocycles. The van der Waals surface area contributed by atoms with Crippen LogP contribution in [0, 0.1) is 11.3 Å². The van der Waals surface area contributed by atoms with Gasteiger partial charge in [-0.05, 0) is 27.2 Å². The van der Waals surface area contributed by atoms with Crippen LogP contribution in [-0.2, 0) is 19.1 Å². The largest absolute Gasteiger partial charge is 0.466 e. The molecule has 0 N–H and O–H groups in total. The molecule has 1 aliphatic carbocycles. The highest BCUT2D eigenvalue weighted by molar-refractivity contribution is 5.90. The first-order chi connectivity index (χ1) is 6.56. The zero-order valence-electron chi connectivity index (χ0n) is 8.83. The fraction of sp³-hybridized carbons (Fsp3) is 0.800. The van der Waals surface area contributed by atoms with Gasteiger partial charge in [0.05, 0.1) is 24.5 Å². The van der Waals surface area contributed by atoms with Crippen LogP contribution in [0.1, 0.15) is 27.2 Å². The molecular weight excluding hydrogens is 184 g/mol. The maximum atomic E-state index is 11.4. The van der Waals surface area contributed by atoms with Gasteiger partial charge in [-0.3, -0.25) is 9.59 Å². The van der Waals surface area contributed by atoms with Crippen LogP contribution in [0.2, 0.25) is 0 Å². The third-order valence-electron chi connectivity index (χ3n) is 2.55. The van der Waals surface area contributed by atoms with Crippen molar-refractivity contribution >= 4 is 11.9 Å². The van der Waals surface area contributed by atoms with Crippen LogP contribution in [0.25, 0.3) is 0 Å². The standard InChI is InChI=1S/C10H16O4/c1-4-13-8(11)7-6-10(7,3)9(12)14-5-2/h7H,4-6H2,1-3H3/t7-,10+/m0/s1. The van der Waals surface area contributed by atoms with Crippen LogP contribution >= 0.6 is 0 Å². The van der Waals surface area contributed by atoms with E-state index in [1.165, 1.54) is 0 Å². The minimum Gasteiger partial charge on any atom is -0.466 e. The second-order valence-corrected chi connectivity index (χ2v) is 3.65. The molecule has 14 heavy (non-hydrogen) atoms. The molecule has 0 bridgehead atoms. The maximum Gasteiger partial charge on any atom is 0.312 e. The molecule has 0 spiro atoms. The van der Waals surface area contributed by atoms with Gasteiger partial charge >= 0.3 is 11.9 Å². The summed E-state index contributed by atoms with van der Waals surface area (Å²) in [4.78, 5) is 22.7. The van der Waals surface area contributed by atoms with E-state index in [0.29, 0.717) is 19.6 Å². The van der Waals surface area contributed by atoms with Crippen molar-refractivity contribution in [3.8, 4) is 0 Å². The van der Waals surface area contributed by atoms with Crippen molar-refractivity contribution in [2.45, 2.75) is 27.2 Å². The highest BCUT2D eigenvalue weighted by Gasteiger charge is 2.62. The Hall–Kier alpha value is -1.06. The molecule has 4 nitrogen and oxygen atoms in total. The lowest BCUT2D eigenvalue weighted by Gasteiger charge is -2.09. The van der Waals surface area contributed by atoms with Gasteiger partial charge in [0.15, 0.2) is 0 Å². The fourth-order valence-electron chi connectivity index (χ4n) is 1.47. The van der Waals surface area contributed by atoms with Gasteiger partial charge in [-0.2, -0.15) is 0 Å². The predicted molar refractivity (Wildman–Crippen MR) is 49.5 cm³/mol. The lowest BCUT2D eigenvalue weighted by Crippen LogP contribution is -2.21. The SMILES string of the molecule is CCOC(=O)[C@@H]1C[C@@]1(C)C(=O)OCC. The van der Waals surface area contributed by atoms with Crippen molar-refractivity contribution in [1.82, 2.24) is 0 Å². The minimum absolute atomic E-state index is 0.289.